The van der Waals surface area contributed by atoms with E-state index in [9.17, 15) is 4.79 Å². The summed E-state index contributed by atoms with van der Waals surface area (Å²) in [5, 5.41) is 7.32. The minimum atomic E-state index is 0.0204. The summed E-state index contributed by atoms with van der Waals surface area (Å²) in [7, 11) is 3.50. The van der Waals surface area contributed by atoms with Gasteiger partial charge in [-0.3, -0.25) is 9.48 Å². The van der Waals surface area contributed by atoms with Crippen molar-refractivity contribution in [3.8, 4) is 11.3 Å². The number of nitrogens with zero attached hydrogens (tertiary/aromatic N) is 6. The van der Waals surface area contributed by atoms with Crippen molar-refractivity contribution in [2.24, 2.45) is 7.05 Å². The normalized spacial score (nSPS) is 16.2. The molecule has 1 N–H and O–H groups in total. The molecule has 0 saturated heterocycles. The Bertz CT molecular complexity index is 1040. The molecule has 3 aromatic rings. The van der Waals surface area contributed by atoms with Crippen molar-refractivity contribution in [2.45, 2.75) is 26.4 Å². The summed E-state index contributed by atoms with van der Waals surface area (Å²) in [5.41, 5.74) is 3.33. The van der Waals surface area contributed by atoms with E-state index in [0.717, 1.165) is 29.2 Å². The molecule has 3 aromatic heterocycles. The van der Waals surface area contributed by atoms with Crippen molar-refractivity contribution in [1.29, 1.82) is 0 Å². The third-order valence-corrected chi connectivity index (χ3v) is 5.21. The second-order valence-electron chi connectivity index (χ2n) is 7.30. The molecule has 1 atom stereocenters. The van der Waals surface area contributed by atoms with E-state index in [0.29, 0.717) is 24.8 Å². The highest BCUT2D eigenvalue weighted by molar-refractivity contribution is 5.95. The third kappa shape index (κ3) is 3.61. The summed E-state index contributed by atoms with van der Waals surface area (Å²) in [6, 6.07) is 3.88. The molecule has 4 rings (SSSR count). The number of hydrogen-bond donors (Lipinski definition) is 1. The molecule has 1 aliphatic heterocycles. The van der Waals surface area contributed by atoms with Crippen LogP contribution in [-0.2, 0) is 18.3 Å². The van der Waals surface area contributed by atoms with Crippen LogP contribution in [0.3, 0.4) is 0 Å². The lowest BCUT2D eigenvalue weighted by molar-refractivity contribution is 0.0536. The van der Waals surface area contributed by atoms with Gasteiger partial charge < -0.3 is 19.5 Å². The molecule has 29 heavy (non-hydrogen) atoms. The van der Waals surface area contributed by atoms with Crippen LogP contribution in [0.5, 0.6) is 0 Å². The highest BCUT2D eigenvalue weighted by atomic mass is 16.5. The molecule has 9 nitrogen and oxygen atoms in total. The van der Waals surface area contributed by atoms with Crippen molar-refractivity contribution < 1.29 is 9.53 Å². The number of amides is 1. The number of methoxy groups -OCH3 is 1. The summed E-state index contributed by atoms with van der Waals surface area (Å²) in [6.45, 7) is 5.88. The smallest absolute Gasteiger partial charge is 0.270 e. The number of anilines is 2. The number of nitrogens with one attached hydrogen (secondary N) is 1. The molecule has 0 aromatic carbocycles. The van der Waals surface area contributed by atoms with E-state index >= 15 is 0 Å². The molecule has 1 amide bonds. The average Bonchev–Trinajstić information content (AvgIpc) is 3.29. The first-order chi connectivity index (χ1) is 14.0. The quantitative estimate of drug-likeness (QED) is 0.688. The number of hydrogen-bond acceptors (Lipinski definition) is 6. The van der Waals surface area contributed by atoms with Gasteiger partial charge >= 0.3 is 0 Å². The van der Waals surface area contributed by atoms with Crippen LogP contribution in [0.2, 0.25) is 0 Å². The average molecular weight is 395 g/mol. The van der Waals surface area contributed by atoms with Crippen LogP contribution in [0.1, 0.15) is 23.0 Å². The Hall–Kier alpha value is -3.20. The van der Waals surface area contributed by atoms with Crippen molar-refractivity contribution in [3.63, 3.8) is 0 Å². The van der Waals surface area contributed by atoms with Gasteiger partial charge in [0.25, 0.3) is 5.91 Å². The first kappa shape index (κ1) is 19.1. The Labute approximate surface area is 169 Å². The topological polar surface area (TPSA) is 90.1 Å². The SMILES string of the molecule is COCCN1C(=O)c2cc(-c3nc(Nc4ccnn4C)ncc3C)cn2C[C@@H]1C. The summed E-state index contributed by atoms with van der Waals surface area (Å²) < 4.78 is 8.89. The van der Waals surface area contributed by atoms with E-state index in [1.54, 1.807) is 24.2 Å². The molecule has 0 spiro atoms. The number of carbonyl (C=O) groups excluding carboxylic acids is 1. The zero-order chi connectivity index (χ0) is 20.5. The van der Waals surface area contributed by atoms with E-state index in [4.69, 9.17) is 9.72 Å². The minimum absolute atomic E-state index is 0.0204. The number of carbonyl (C=O) groups is 1. The van der Waals surface area contributed by atoms with Gasteiger partial charge in [-0.25, -0.2) is 9.97 Å². The zero-order valence-electron chi connectivity index (χ0n) is 17.1. The van der Waals surface area contributed by atoms with Crippen LogP contribution in [0.15, 0.2) is 30.7 Å². The van der Waals surface area contributed by atoms with Crippen molar-refractivity contribution in [3.05, 3.63) is 42.0 Å². The van der Waals surface area contributed by atoms with Gasteiger partial charge in [-0.2, -0.15) is 5.10 Å². The first-order valence-electron chi connectivity index (χ1n) is 9.57. The predicted octanol–water partition coefficient (Wildman–Crippen LogP) is 2.22. The van der Waals surface area contributed by atoms with Gasteiger partial charge in [-0.15, -0.1) is 0 Å². The van der Waals surface area contributed by atoms with Crippen LogP contribution in [0.4, 0.5) is 11.8 Å². The van der Waals surface area contributed by atoms with E-state index < -0.39 is 0 Å². The van der Waals surface area contributed by atoms with Gasteiger partial charge in [-0.1, -0.05) is 0 Å². The van der Waals surface area contributed by atoms with E-state index in [1.807, 2.05) is 41.8 Å². The lowest BCUT2D eigenvalue weighted by Gasteiger charge is -2.34. The number of rotatable bonds is 6. The van der Waals surface area contributed by atoms with Gasteiger partial charge in [0.05, 0.1) is 18.5 Å². The van der Waals surface area contributed by atoms with Crippen molar-refractivity contribution in [2.75, 3.05) is 25.6 Å². The molecule has 1 aliphatic rings. The highest BCUT2D eigenvalue weighted by Gasteiger charge is 2.30. The Kier molecular flexibility index (Phi) is 5.06. The summed E-state index contributed by atoms with van der Waals surface area (Å²) in [4.78, 5) is 23.9. The molecule has 0 bridgehead atoms. The lowest BCUT2D eigenvalue weighted by Crippen LogP contribution is -2.47. The van der Waals surface area contributed by atoms with Crippen molar-refractivity contribution >= 4 is 17.7 Å². The van der Waals surface area contributed by atoms with Gasteiger partial charge in [-0.05, 0) is 25.5 Å². The van der Waals surface area contributed by atoms with Crippen LogP contribution in [0, 0.1) is 6.92 Å². The van der Waals surface area contributed by atoms with Crippen molar-refractivity contribution in [1.82, 2.24) is 29.2 Å². The lowest BCUT2D eigenvalue weighted by atomic mass is 10.1. The van der Waals surface area contributed by atoms with Crippen LogP contribution >= 0.6 is 0 Å². The molecule has 4 heterocycles. The fourth-order valence-corrected chi connectivity index (χ4v) is 3.62. The molecule has 0 unspecified atom stereocenters. The van der Waals surface area contributed by atoms with Crippen LogP contribution in [-0.4, -0.2) is 61.4 Å². The second kappa shape index (κ2) is 7.67. The number of aromatic nitrogens is 5. The summed E-state index contributed by atoms with van der Waals surface area (Å²) in [5.74, 6) is 1.31. The summed E-state index contributed by atoms with van der Waals surface area (Å²) in [6.07, 6.45) is 5.50. The number of ether oxygens (including phenoxy) is 1. The molecular formula is C20H25N7O2. The number of aryl methyl sites for hydroxylation is 2. The molecule has 152 valence electrons. The molecule has 0 radical (unpaired) electrons. The molecule has 0 fully saturated rings. The van der Waals surface area contributed by atoms with Gasteiger partial charge in [0.15, 0.2) is 0 Å². The maximum atomic E-state index is 13.0. The Morgan fingerprint density at radius 2 is 2.21 bits per heavy atom. The Balaban J connectivity index is 1.65. The van der Waals surface area contributed by atoms with Gasteiger partial charge in [0, 0.05) is 57.3 Å². The minimum Gasteiger partial charge on any atom is -0.383 e. The zero-order valence-corrected chi connectivity index (χ0v) is 17.1. The number of fused-ring (bicyclic) bond motifs is 1. The molecule has 0 aliphatic carbocycles. The predicted molar refractivity (Wildman–Crippen MR) is 109 cm³/mol. The van der Waals surface area contributed by atoms with Crippen LogP contribution in [0.25, 0.3) is 11.3 Å². The maximum Gasteiger partial charge on any atom is 0.270 e. The highest BCUT2D eigenvalue weighted by Crippen LogP contribution is 2.28. The Morgan fingerprint density at radius 1 is 1.38 bits per heavy atom. The molecular weight excluding hydrogens is 370 g/mol. The van der Waals surface area contributed by atoms with E-state index in [2.05, 4.69) is 22.3 Å². The first-order valence-corrected chi connectivity index (χ1v) is 9.57. The van der Waals surface area contributed by atoms with Crippen LogP contribution < -0.4 is 5.32 Å². The van der Waals surface area contributed by atoms with E-state index in [-0.39, 0.29) is 11.9 Å². The fraction of sp³-hybridized carbons (Fsp3) is 0.400. The second-order valence-corrected chi connectivity index (χ2v) is 7.30. The third-order valence-electron chi connectivity index (χ3n) is 5.21. The van der Waals surface area contributed by atoms with E-state index in [1.165, 1.54) is 0 Å². The fourth-order valence-electron chi connectivity index (χ4n) is 3.62. The summed E-state index contributed by atoms with van der Waals surface area (Å²) >= 11 is 0. The molecule has 9 heteroatoms. The standard InChI is InChI=1S/C20H25N7O2/c1-13-10-21-20(23-17-5-6-22-25(17)3)24-18(13)15-9-16-19(28)27(7-8-29-4)14(2)11-26(16)12-15/h5-6,9-10,12,14H,7-8,11H2,1-4H3,(H,21,23,24)/t14-/m0/s1. The monoisotopic (exact) mass is 395 g/mol. The maximum absolute atomic E-state index is 13.0. The van der Waals surface area contributed by atoms with Gasteiger partial charge in [0.2, 0.25) is 5.95 Å². The molecule has 0 saturated carbocycles. The Morgan fingerprint density at radius 3 is 2.93 bits per heavy atom. The van der Waals surface area contributed by atoms with Gasteiger partial charge in [0.1, 0.15) is 11.5 Å². The largest absolute Gasteiger partial charge is 0.383 e.